The van der Waals surface area contributed by atoms with Crippen LogP contribution in [0.25, 0.3) is 0 Å². The van der Waals surface area contributed by atoms with Gasteiger partial charge < -0.3 is 15.1 Å². The minimum Gasteiger partial charge on any atom is -0.328 e. The first kappa shape index (κ1) is 16.2. The molecule has 0 aliphatic carbocycles. The van der Waals surface area contributed by atoms with E-state index in [1.165, 1.54) is 32.4 Å². The summed E-state index contributed by atoms with van der Waals surface area (Å²) in [4.78, 5) is 21.2. The zero-order valence-corrected chi connectivity index (χ0v) is 14.2. The van der Waals surface area contributed by atoms with Gasteiger partial charge >= 0.3 is 6.03 Å². The van der Waals surface area contributed by atoms with Gasteiger partial charge in [-0.05, 0) is 52.6 Å². The van der Waals surface area contributed by atoms with Gasteiger partial charge in [0.05, 0.1) is 6.04 Å². The molecule has 23 heavy (non-hydrogen) atoms. The number of aromatic nitrogens is 3. The number of aromatic amines is 1. The van der Waals surface area contributed by atoms with E-state index in [4.69, 9.17) is 0 Å². The fraction of sp³-hybridized carbons (Fsp3) is 0.812. The molecule has 2 aliphatic heterocycles. The zero-order chi connectivity index (χ0) is 16.2. The molecular weight excluding hydrogens is 292 g/mol. The Hall–Kier alpha value is -1.63. The number of likely N-dealkylation sites (tertiary alicyclic amines) is 2. The highest BCUT2D eigenvalue weighted by Gasteiger charge is 2.28. The van der Waals surface area contributed by atoms with Crippen LogP contribution < -0.4 is 5.32 Å². The summed E-state index contributed by atoms with van der Waals surface area (Å²) in [7, 11) is 0. The van der Waals surface area contributed by atoms with Gasteiger partial charge in [-0.1, -0.05) is 6.42 Å². The van der Waals surface area contributed by atoms with E-state index in [2.05, 4.69) is 25.4 Å². The summed E-state index contributed by atoms with van der Waals surface area (Å²) in [6, 6.07) is 0.483. The number of hydrogen-bond donors (Lipinski definition) is 2. The van der Waals surface area contributed by atoms with Crippen molar-refractivity contribution in [3.63, 3.8) is 0 Å². The molecule has 2 N–H and O–H groups in total. The van der Waals surface area contributed by atoms with Crippen molar-refractivity contribution in [1.82, 2.24) is 30.3 Å². The van der Waals surface area contributed by atoms with Crippen LogP contribution in [-0.2, 0) is 0 Å². The van der Waals surface area contributed by atoms with E-state index >= 15 is 0 Å². The number of carbonyl (C=O) groups is 1. The van der Waals surface area contributed by atoms with Gasteiger partial charge in [0, 0.05) is 19.1 Å². The molecule has 2 fully saturated rings. The zero-order valence-electron chi connectivity index (χ0n) is 14.2. The van der Waals surface area contributed by atoms with Gasteiger partial charge in [0.15, 0.2) is 5.82 Å². The maximum Gasteiger partial charge on any atom is 0.317 e. The summed E-state index contributed by atoms with van der Waals surface area (Å²) in [5.41, 5.74) is 0. The number of hydrogen-bond acceptors (Lipinski definition) is 4. The summed E-state index contributed by atoms with van der Waals surface area (Å²) in [5.74, 6) is 1.41. The lowest BCUT2D eigenvalue weighted by molar-refractivity contribution is 0.101. The Morgan fingerprint density at radius 1 is 1.22 bits per heavy atom. The summed E-state index contributed by atoms with van der Waals surface area (Å²) >= 11 is 0. The van der Waals surface area contributed by atoms with Crippen molar-refractivity contribution in [2.24, 2.45) is 0 Å². The van der Waals surface area contributed by atoms with Crippen molar-refractivity contribution < 1.29 is 4.79 Å². The van der Waals surface area contributed by atoms with Crippen LogP contribution in [0.2, 0.25) is 0 Å². The molecule has 3 rings (SSSR count). The Morgan fingerprint density at radius 2 is 1.91 bits per heavy atom. The monoisotopic (exact) mass is 320 g/mol. The Labute approximate surface area is 137 Å². The van der Waals surface area contributed by atoms with E-state index in [0.29, 0.717) is 11.9 Å². The van der Waals surface area contributed by atoms with Gasteiger partial charge in [-0.15, -0.1) is 0 Å². The van der Waals surface area contributed by atoms with E-state index < -0.39 is 0 Å². The largest absolute Gasteiger partial charge is 0.328 e. The molecule has 0 spiro atoms. The Balaban J connectivity index is 1.46. The quantitative estimate of drug-likeness (QED) is 0.891. The SMILES string of the molecule is Cc1nc([C@H](C)NC(=O)N2CCC(N3CCCCC3)CC2)n[nH]1. The highest BCUT2D eigenvalue weighted by atomic mass is 16.2. The Kier molecular flexibility index (Phi) is 5.15. The molecule has 1 atom stereocenters. The fourth-order valence-electron chi connectivity index (χ4n) is 3.61. The number of H-pyrrole nitrogens is 1. The van der Waals surface area contributed by atoms with Crippen molar-refractivity contribution >= 4 is 6.03 Å². The molecule has 0 radical (unpaired) electrons. The van der Waals surface area contributed by atoms with Crippen molar-refractivity contribution in [3.8, 4) is 0 Å². The summed E-state index contributed by atoms with van der Waals surface area (Å²) in [5, 5.41) is 9.93. The van der Waals surface area contributed by atoms with Crippen LogP contribution in [-0.4, -0.2) is 63.2 Å². The first-order valence-corrected chi connectivity index (χ1v) is 8.82. The third-order valence-corrected chi connectivity index (χ3v) is 5.00. The second-order valence-electron chi connectivity index (χ2n) is 6.77. The molecule has 0 saturated carbocycles. The summed E-state index contributed by atoms with van der Waals surface area (Å²) in [6.45, 7) is 7.92. The number of carbonyl (C=O) groups excluding carboxylic acids is 1. The van der Waals surface area contributed by atoms with Gasteiger partial charge in [0.2, 0.25) is 0 Å². The third kappa shape index (κ3) is 4.02. The number of amides is 2. The van der Waals surface area contributed by atoms with Crippen LogP contribution in [0.1, 0.15) is 56.7 Å². The lowest BCUT2D eigenvalue weighted by Crippen LogP contribution is -2.50. The first-order valence-electron chi connectivity index (χ1n) is 8.82. The predicted molar refractivity (Wildman–Crippen MR) is 88.1 cm³/mol. The van der Waals surface area contributed by atoms with Gasteiger partial charge in [0.1, 0.15) is 5.82 Å². The van der Waals surface area contributed by atoms with Gasteiger partial charge in [0.25, 0.3) is 0 Å². The first-order chi connectivity index (χ1) is 11.1. The molecule has 1 aromatic rings. The molecule has 0 aromatic carbocycles. The maximum atomic E-state index is 12.4. The van der Waals surface area contributed by atoms with E-state index in [1.807, 2.05) is 18.7 Å². The topological polar surface area (TPSA) is 77.2 Å². The second kappa shape index (κ2) is 7.29. The molecule has 1 aromatic heterocycles. The van der Waals surface area contributed by atoms with Gasteiger partial charge in [-0.2, -0.15) is 5.10 Å². The van der Waals surface area contributed by atoms with Crippen molar-refractivity contribution in [2.75, 3.05) is 26.2 Å². The van der Waals surface area contributed by atoms with Crippen molar-refractivity contribution in [1.29, 1.82) is 0 Å². The molecule has 7 heteroatoms. The standard InChI is InChI=1S/C16H28N6O/c1-12(15-18-13(2)19-20-15)17-16(23)22-10-6-14(7-11-22)21-8-4-3-5-9-21/h12,14H,3-11H2,1-2H3,(H,17,23)(H,18,19,20)/t12-/m0/s1. The molecule has 3 heterocycles. The summed E-state index contributed by atoms with van der Waals surface area (Å²) in [6.07, 6.45) is 6.20. The molecule has 2 saturated heterocycles. The van der Waals surface area contributed by atoms with E-state index in [1.54, 1.807) is 0 Å². The molecule has 0 unspecified atom stereocenters. The lowest BCUT2D eigenvalue weighted by Gasteiger charge is -2.40. The number of nitrogens with zero attached hydrogens (tertiary/aromatic N) is 4. The van der Waals surface area contributed by atoms with Crippen LogP contribution >= 0.6 is 0 Å². The number of piperidine rings is 2. The number of aryl methyl sites for hydroxylation is 1. The normalized spacial score (nSPS) is 22.1. The predicted octanol–water partition coefficient (Wildman–Crippen LogP) is 1.83. The highest BCUT2D eigenvalue weighted by Crippen LogP contribution is 2.21. The Morgan fingerprint density at radius 3 is 2.52 bits per heavy atom. The van der Waals surface area contributed by atoms with Gasteiger partial charge in [-0.25, -0.2) is 9.78 Å². The average molecular weight is 320 g/mol. The third-order valence-electron chi connectivity index (χ3n) is 5.00. The Bertz CT molecular complexity index is 516. The molecular formula is C16H28N6O. The van der Waals surface area contributed by atoms with E-state index in [9.17, 15) is 4.79 Å². The van der Waals surface area contributed by atoms with Crippen LogP contribution in [0.4, 0.5) is 4.79 Å². The summed E-state index contributed by atoms with van der Waals surface area (Å²) < 4.78 is 0. The smallest absolute Gasteiger partial charge is 0.317 e. The van der Waals surface area contributed by atoms with E-state index in [-0.39, 0.29) is 12.1 Å². The minimum atomic E-state index is -0.174. The molecule has 128 valence electrons. The number of urea groups is 1. The second-order valence-corrected chi connectivity index (χ2v) is 6.77. The maximum absolute atomic E-state index is 12.4. The molecule has 0 bridgehead atoms. The number of nitrogens with one attached hydrogen (secondary N) is 2. The fourth-order valence-corrected chi connectivity index (χ4v) is 3.61. The lowest BCUT2D eigenvalue weighted by atomic mass is 10.00. The van der Waals surface area contributed by atoms with Crippen molar-refractivity contribution in [3.05, 3.63) is 11.6 Å². The van der Waals surface area contributed by atoms with E-state index in [0.717, 1.165) is 31.8 Å². The van der Waals surface area contributed by atoms with Crippen LogP contribution in [0.3, 0.4) is 0 Å². The van der Waals surface area contributed by atoms with Crippen LogP contribution in [0.5, 0.6) is 0 Å². The van der Waals surface area contributed by atoms with Crippen molar-refractivity contribution in [2.45, 2.75) is 58.0 Å². The average Bonchev–Trinajstić information content (AvgIpc) is 3.02. The number of rotatable bonds is 3. The van der Waals surface area contributed by atoms with Gasteiger partial charge in [-0.3, -0.25) is 5.10 Å². The van der Waals surface area contributed by atoms with Crippen LogP contribution in [0, 0.1) is 6.92 Å². The molecule has 7 nitrogen and oxygen atoms in total. The minimum absolute atomic E-state index is 0.00273. The van der Waals surface area contributed by atoms with Crippen LogP contribution in [0.15, 0.2) is 0 Å². The highest BCUT2D eigenvalue weighted by molar-refractivity contribution is 5.74. The molecule has 2 amide bonds. The molecule has 2 aliphatic rings.